The lowest BCUT2D eigenvalue weighted by molar-refractivity contribution is 0.0495. The van der Waals surface area contributed by atoms with E-state index >= 15 is 0 Å². The molecule has 0 bridgehead atoms. The molecule has 0 saturated heterocycles. The average Bonchev–Trinajstić information content (AvgIpc) is 3.07. The number of aryl methyl sites for hydroxylation is 1. The number of ether oxygens (including phenoxy) is 1. The highest BCUT2D eigenvalue weighted by molar-refractivity contribution is 8.00. The molecule has 2 N–H and O–H groups in total. The molecule has 0 fully saturated rings. The van der Waals surface area contributed by atoms with Gasteiger partial charge in [-0.1, -0.05) is 18.2 Å². The molecule has 2 heterocycles. The zero-order valence-corrected chi connectivity index (χ0v) is 12.7. The van der Waals surface area contributed by atoms with Gasteiger partial charge in [-0.15, -0.1) is 11.8 Å². The number of hydrogen-bond acceptors (Lipinski definition) is 4. The average molecular weight is 302 g/mol. The maximum atomic E-state index is 12.2. The van der Waals surface area contributed by atoms with Gasteiger partial charge in [-0.3, -0.25) is 0 Å². The van der Waals surface area contributed by atoms with E-state index in [0.717, 1.165) is 6.42 Å². The number of rotatable bonds is 4. The largest absolute Gasteiger partial charge is 0.460 e. The van der Waals surface area contributed by atoms with E-state index in [1.54, 1.807) is 24.0 Å². The SMILES string of the molecule is CCn1cc(N)cc1C(=O)OCC1Cc2ccccc2S1. The first-order valence-corrected chi connectivity index (χ1v) is 7.92. The van der Waals surface area contributed by atoms with Crippen LogP contribution in [0.5, 0.6) is 0 Å². The van der Waals surface area contributed by atoms with Crippen molar-refractivity contribution in [2.75, 3.05) is 12.3 Å². The Morgan fingerprint density at radius 1 is 1.48 bits per heavy atom. The van der Waals surface area contributed by atoms with Crippen molar-refractivity contribution >= 4 is 23.4 Å². The van der Waals surface area contributed by atoms with Crippen LogP contribution in [-0.2, 0) is 17.7 Å². The number of esters is 1. The van der Waals surface area contributed by atoms with Crippen LogP contribution in [0.1, 0.15) is 23.0 Å². The van der Waals surface area contributed by atoms with Gasteiger partial charge in [0.2, 0.25) is 0 Å². The number of carbonyl (C=O) groups is 1. The predicted molar refractivity (Wildman–Crippen MR) is 84.6 cm³/mol. The molecule has 3 rings (SSSR count). The second kappa shape index (κ2) is 5.85. The van der Waals surface area contributed by atoms with E-state index in [4.69, 9.17) is 10.5 Å². The van der Waals surface area contributed by atoms with E-state index in [0.29, 0.717) is 29.8 Å². The minimum absolute atomic E-state index is 0.300. The number of benzene rings is 1. The Bertz CT molecular complexity index is 641. The van der Waals surface area contributed by atoms with E-state index in [-0.39, 0.29) is 5.97 Å². The summed E-state index contributed by atoms with van der Waals surface area (Å²) in [5, 5.41) is 0.300. The summed E-state index contributed by atoms with van der Waals surface area (Å²) in [4.78, 5) is 13.5. The van der Waals surface area contributed by atoms with E-state index < -0.39 is 0 Å². The van der Waals surface area contributed by atoms with Crippen LogP contribution in [0.4, 0.5) is 5.69 Å². The molecular weight excluding hydrogens is 284 g/mol. The van der Waals surface area contributed by atoms with Crippen molar-refractivity contribution in [2.24, 2.45) is 0 Å². The quantitative estimate of drug-likeness (QED) is 0.882. The summed E-state index contributed by atoms with van der Waals surface area (Å²) in [6.07, 6.45) is 2.71. The molecule has 0 radical (unpaired) electrons. The van der Waals surface area contributed by atoms with Crippen molar-refractivity contribution in [3.05, 3.63) is 47.8 Å². The minimum Gasteiger partial charge on any atom is -0.460 e. The van der Waals surface area contributed by atoms with Crippen molar-refractivity contribution in [3.63, 3.8) is 0 Å². The zero-order valence-electron chi connectivity index (χ0n) is 11.9. The van der Waals surface area contributed by atoms with Gasteiger partial charge in [0, 0.05) is 22.9 Å². The fraction of sp³-hybridized carbons (Fsp3) is 0.312. The van der Waals surface area contributed by atoms with Crippen LogP contribution in [0, 0.1) is 0 Å². The van der Waals surface area contributed by atoms with Gasteiger partial charge in [-0.25, -0.2) is 4.79 Å². The van der Waals surface area contributed by atoms with Gasteiger partial charge in [-0.05, 0) is 31.0 Å². The summed E-state index contributed by atoms with van der Waals surface area (Å²) in [6.45, 7) is 3.10. The minimum atomic E-state index is -0.301. The third-order valence-electron chi connectivity index (χ3n) is 3.58. The Morgan fingerprint density at radius 2 is 2.29 bits per heavy atom. The normalized spacial score (nSPS) is 16.7. The smallest absolute Gasteiger partial charge is 0.355 e. The summed E-state index contributed by atoms with van der Waals surface area (Å²) in [6, 6.07) is 10.0. The van der Waals surface area contributed by atoms with Crippen LogP contribution >= 0.6 is 11.8 Å². The maximum absolute atomic E-state index is 12.2. The monoisotopic (exact) mass is 302 g/mol. The van der Waals surface area contributed by atoms with Crippen molar-refractivity contribution < 1.29 is 9.53 Å². The number of nitrogen functional groups attached to an aromatic ring is 1. The van der Waals surface area contributed by atoms with E-state index in [1.807, 2.05) is 23.6 Å². The fourth-order valence-electron chi connectivity index (χ4n) is 2.55. The molecule has 1 aliphatic heterocycles. The molecule has 1 aromatic carbocycles. The zero-order chi connectivity index (χ0) is 14.8. The molecule has 1 aromatic heterocycles. The second-order valence-electron chi connectivity index (χ2n) is 5.09. The summed E-state index contributed by atoms with van der Waals surface area (Å²) in [7, 11) is 0. The molecular formula is C16H18N2O2S. The van der Waals surface area contributed by atoms with Crippen LogP contribution in [-0.4, -0.2) is 22.4 Å². The first-order valence-electron chi connectivity index (χ1n) is 7.04. The molecule has 1 atom stereocenters. The number of hydrogen-bond donors (Lipinski definition) is 1. The summed E-state index contributed by atoms with van der Waals surface area (Å²) in [5.74, 6) is -0.301. The lowest BCUT2D eigenvalue weighted by Gasteiger charge is -2.10. The molecule has 4 nitrogen and oxygen atoms in total. The standard InChI is InChI=1S/C16H18N2O2S/c1-2-18-9-12(17)8-14(18)16(19)20-10-13-7-11-5-3-4-6-15(11)21-13/h3-6,8-9,13H,2,7,10,17H2,1H3. The number of nitrogens with zero attached hydrogens (tertiary/aromatic N) is 1. The molecule has 0 saturated carbocycles. The Kier molecular flexibility index (Phi) is 3.92. The number of fused-ring (bicyclic) bond motifs is 1. The van der Waals surface area contributed by atoms with Crippen molar-refractivity contribution in [2.45, 2.75) is 30.0 Å². The lowest BCUT2D eigenvalue weighted by Crippen LogP contribution is -2.17. The summed E-state index contributed by atoms with van der Waals surface area (Å²) >= 11 is 1.78. The topological polar surface area (TPSA) is 57.2 Å². The third kappa shape index (κ3) is 2.93. The first kappa shape index (κ1) is 14.1. The molecule has 0 amide bonds. The van der Waals surface area contributed by atoms with Crippen molar-refractivity contribution in [3.8, 4) is 0 Å². The van der Waals surface area contributed by atoms with Crippen LogP contribution in [0.2, 0.25) is 0 Å². The first-order chi connectivity index (χ1) is 10.2. The highest BCUT2D eigenvalue weighted by Crippen LogP contribution is 2.36. The van der Waals surface area contributed by atoms with Gasteiger partial charge >= 0.3 is 5.97 Å². The van der Waals surface area contributed by atoms with Crippen LogP contribution in [0.15, 0.2) is 41.4 Å². The Balaban J connectivity index is 1.60. The predicted octanol–water partition coefficient (Wildman–Crippen LogP) is 2.96. The number of nitrogens with two attached hydrogens (primary N) is 1. The van der Waals surface area contributed by atoms with Gasteiger partial charge in [0.1, 0.15) is 12.3 Å². The Labute approximate surface area is 128 Å². The molecule has 0 spiro atoms. The van der Waals surface area contributed by atoms with Gasteiger partial charge < -0.3 is 15.0 Å². The summed E-state index contributed by atoms with van der Waals surface area (Å²) in [5.41, 5.74) is 8.19. The third-order valence-corrected chi connectivity index (χ3v) is 4.87. The van der Waals surface area contributed by atoms with Gasteiger partial charge in [-0.2, -0.15) is 0 Å². The molecule has 5 heteroatoms. The van der Waals surface area contributed by atoms with Crippen LogP contribution in [0.25, 0.3) is 0 Å². The van der Waals surface area contributed by atoms with Crippen molar-refractivity contribution in [1.29, 1.82) is 0 Å². The van der Waals surface area contributed by atoms with E-state index in [1.165, 1.54) is 10.5 Å². The number of anilines is 1. The summed E-state index contributed by atoms with van der Waals surface area (Å²) < 4.78 is 7.28. The molecule has 1 aliphatic rings. The molecule has 1 unspecified atom stereocenters. The Hall–Kier alpha value is -1.88. The van der Waals surface area contributed by atoms with Gasteiger partial charge in [0.15, 0.2) is 0 Å². The van der Waals surface area contributed by atoms with E-state index in [2.05, 4.69) is 12.1 Å². The van der Waals surface area contributed by atoms with Crippen LogP contribution in [0.3, 0.4) is 0 Å². The Morgan fingerprint density at radius 3 is 3.05 bits per heavy atom. The highest BCUT2D eigenvalue weighted by atomic mass is 32.2. The molecule has 0 aliphatic carbocycles. The molecule has 110 valence electrons. The number of thioether (sulfide) groups is 1. The number of aromatic nitrogens is 1. The molecule has 2 aromatic rings. The van der Waals surface area contributed by atoms with Crippen LogP contribution < -0.4 is 5.73 Å². The lowest BCUT2D eigenvalue weighted by atomic mass is 10.1. The van der Waals surface area contributed by atoms with Crippen molar-refractivity contribution in [1.82, 2.24) is 4.57 Å². The molecule has 21 heavy (non-hydrogen) atoms. The van der Waals surface area contributed by atoms with Gasteiger partial charge in [0.05, 0.1) is 5.69 Å². The van der Waals surface area contributed by atoms with E-state index in [9.17, 15) is 4.79 Å². The highest BCUT2D eigenvalue weighted by Gasteiger charge is 2.24. The number of carbonyl (C=O) groups excluding carboxylic acids is 1. The second-order valence-corrected chi connectivity index (χ2v) is 6.44. The fourth-order valence-corrected chi connectivity index (χ4v) is 3.77. The van der Waals surface area contributed by atoms with Gasteiger partial charge in [0.25, 0.3) is 0 Å². The maximum Gasteiger partial charge on any atom is 0.355 e.